The minimum absolute atomic E-state index is 0.0853. The fourth-order valence-corrected chi connectivity index (χ4v) is 2.34. The Kier molecular flexibility index (Phi) is 4.68. The summed E-state index contributed by atoms with van der Waals surface area (Å²) in [5, 5.41) is 0. The summed E-state index contributed by atoms with van der Waals surface area (Å²) >= 11 is 0. The van der Waals surface area contributed by atoms with Gasteiger partial charge in [-0.2, -0.15) is 0 Å². The number of likely N-dealkylation sites (tertiary alicyclic amines) is 1. The van der Waals surface area contributed by atoms with Gasteiger partial charge in [-0.05, 0) is 31.9 Å². The summed E-state index contributed by atoms with van der Waals surface area (Å²) < 4.78 is 5.58. The average molecular weight is 277 g/mol. The monoisotopic (exact) mass is 277 g/mol. The summed E-state index contributed by atoms with van der Waals surface area (Å²) in [5.41, 5.74) is 5.75. The Labute approximate surface area is 117 Å². The molecule has 0 radical (unpaired) electrons. The van der Waals surface area contributed by atoms with E-state index in [0.717, 1.165) is 19.4 Å². The van der Waals surface area contributed by atoms with Gasteiger partial charge in [0.05, 0.1) is 11.7 Å². The molecule has 0 saturated carbocycles. The number of carbonyl (C=O) groups is 2. The first kappa shape index (κ1) is 14.5. The topological polar surface area (TPSA) is 85.5 Å². The third-order valence-electron chi connectivity index (χ3n) is 3.33. The Balaban J connectivity index is 2.04. The average Bonchev–Trinajstić information content (AvgIpc) is 2.47. The Morgan fingerprint density at radius 2 is 2.30 bits per heavy atom. The lowest BCUT2D eigenvalue weighted by atomic mass is 10.1. The van der Waals surface area contributed by atoms with E-state index in [1.807, 2.05) is 6.92 Å². The molecule has 2 amide bonds. The van der Waals surface area contributed by atoms with Gasteiger partial charge in [-0.1, -0.05) is 0 Å². The summed E-state index contributed by atoms with van der Waals surface area (Å²) in [5.74, 6) is -0.684. The first-order valence-corrected chi connectivity index (χ1v) is 6.78. The number of piperidine rings is 1. The molecule has 2 N–H and O–H groups in total. The van der Waals surface area contributed by atoms with Crippen LogP contribution in [0.15, 0.2) is 18.3 Å². The molecule has 0 aliphatic carbocycles. The molecule has 0 aromatic carbocycles. The highest BCUT2D eigenvalue weighted by atomic mass is 16.5. The number of amides is 2. The highest BCUT2D eigenvalue weighted by Crippen LogP contribution is 2.16. The minimum atomic E-state index is -0.599. The van der Waals surface area contributed by atoms with Crippen LogP contribution in [0.3, 0.4) is 0 Å². The van der Waals surface area contributed by atoms with Gasteiger partial charge < -0.3 is 15.4 Å². The number of rotatable bonds is 4. The van der Waals surface area contributed by atoms with Crippen molar-refractivity contribution in [1.82, 2.24) is 9.88 Å². The van der Waals surface area contributed by atoms with Gasteiger partial charge in [0, 0.05) is 25.9 Å². The summed E-state index contributed by atoms with van der Waals surface area (Å²) in [6.45, 7) is 3.93. The molecule has 2 heterocycles. The third kappa shape index (κ3) is 3.33. The lowest BCUT2D eigenvalue weighted by Crippen LogP contribution is -2.43. The number of nitrogens with two attached hydrogens (primary N) is 1. The van der Waals surface area contributed by atoms with E-state index in [1.165, 1.54) is 12.3 Å². The van der Waals surface area contributed by atoms with Crippen LogP contribution in [0.25, 0.3) is 0 Å². The molecule has 1 aliphatic heterocycles. The van der Waals surface area contributed by atoms with Crippen molar-refractivity contribution in [2.75, 3.05) is 19.7 Å². The molecule has 1 atom stereocenters. The number of primary amides is 1. The van der Waals surface area contributed by atoms with Crippen LogP contribution in [-0.4, -0.2) is 47.5 Å². The molecular weight excluding hydrogens is 258 g/mol. The second-order valence-corrected chi connectivity index (χ2v) is 4.77. The van der Waals surface area contributed by atoms with E-state index >= 15 is 0 Å². The SMILES string of the molecule is CCOC1CCCN(C(=O)c2ccc(C(N)=O)nc2)C1. The van der Waals surface area contributed by atoms with Gasteiger partial charge in [0.1, 0.15) is 5.69 Å². The van der Waals surface area contributed by atoms with Crippen LogP contribution in [0.4, 0.5) is 0 Å². The van der Waals surface area contributed by atoms with E-state index in [1.54, 1.807) is 11.0 Å². The van der Waals surface area contributed by atoms with Gasteiger partial charge in [-0.25, -0.2) is 0 Å². The third-order valence-corrected chi connectivity index (χ3v) is 3.33. The molecule has 108 valence electrons. The van der Waals surface area contributed by atoms with Crippen LogP contribution in [0.1, 0.15) is 40.6 Å². The molecule has 20 heavy (non-hydrogen) atoms. The molecule has 1 saturated heterocycles. The number of nitrogens with zero attached hydrogens (tertiary/aromatic N) is 2. The van der Waals surface area contributed by atoms with Crippen molar-refractivity contribution in [3.8, 4) is 0 Å². The smallest absolute Gasteiger partial charge is 0.267 e. The maximum atomic E-state index is 12.3. The standard InChI is InChI=1S/C14H19N3O3/c1-2-20-11-4-3-7-17(9-11)14(19)10-5-6-12(13(15)18)16-8-10/h5-6,8,11H,2-4,7,9H2,1H3,(H2,15,18). The summed E-state index contributed by atoms with van der Waals surface area (Å²) in [6, 6.07) is 3.05. The molecule has 1 fully saturated rings. The highest BCUT2D eigenvalue weighted by molar-refractivity contribution is 5.95. The van der Waals surface area contributed by atoms with Crippen molar-refractivity contribution in [3.63, 3.8) is 0 Å². The summed E-state index contributed by atoms with van der Waals surface area (Å²) in [4.78, 5) is 29.0. The number of hydrogen-bond acceptors (Lipinski definition) is 4. The summed E-state index contributed by atoms with van der Waals surface area (Å²) in [6.07, 6.45) is 3.42. The quantitative estimate of drug-likeness (QED) is 0.883. The number of hydrogen-bond donors (Lipinski definition) is 1. The Bertz CT molecular complexity index is 485. The Morgan fingerprint density at radius 1 is 1.50 bits per heavy atom. The predicted molar refractivity (Wildman–Crippen MR) is 73.3 cm³/mol. The second kappa shape index (κ2) is 6.47. The van der Waals surface area contributed by atoms with Crippen molar-refractivity contribution in [2.24, 2.45) is 5.73 Å². The van der Waals surface area contributed by atoms with Crippen LogP contribution in [0.5, 0.6) is 0 Å². The van der Waals surface area contributed by atoms with Gasteiger partial charge >= 0.3 is 0 Å². The molecule has 1 unspecified atom stereocenters. The van der Waals surface area contributed by atoms with E-state index in [4.69, 9.17) is 10.5 Å². The normalized spacial score (nSPS) is 18.9. The van der Waals surface area contributed by atoms with Crippen LogP contribution in [-0.2, 0) is 4.74 Å². The van der Waals surface area contributed by atoms with Gasteiger partial charge in [0.15, 0.2) is 0 Å². The molecular formula is C14H19N3O3. The molecule has 1 aromatic heterocycles. The van der Waals surface area contributed by atoms with Gasteiger partial charge in [-0.15, -0.1) is 0 Å². The van der Waals surface area contributed by atoms with E-state index in [-0.39, 0.29) is 17.7 Å². The maximum absolute atomic E-state index is 12.3. The fourth-order valence-electron chi connectivity index (χ4n) is 2.34. The first-order valence-electron chi connectivity index (χ1n) is 6.78. The zero-order chi connectivity index (χ0) is 14.5. The van der Waals surface area contributed by atoms with Crippen molar-refractivity contribution in [1.29, 1.82) is 0 Å². The second-order valence-electron chi connectivity index (χ2n) is 4.77. The van der Waals surface area contributed by atoms with E-state index in [2.05, 4.69) is 4.98 Å². The van der Waals surface area contributed by atoms with E-state index in [9.17, 15) is 9.59 Å². The van der Waals surface area contributed by atoms with Gasteiger partial charge in [0.2, 0.25) is 0 Å². The zero-order valence-electron chi connectivity index (χ0n) is 11.5. The Morgan fingerprint density at radius 3 is 2.90 bits per heavy atom. The van der Waals surface area contributed by atoms with Crippen LogP contribution < -0.4 is 5.73 Å². The lowest BCUT2D eigenvalue weighted by molar-refractivity contribution is 0.00722. The van der Waals surface area contributed by atoms with Crippen molar-refractivity contribution >= 4 is 11.8 Å². The number of pyridine rings is 1. The van der Waals surface area contributed by atoms with Gasteiger partial charge in [-0.3, -0.25) is 14.6 Å². The van der Waals surface area contributed by atoms with Crippen LogP contribution in [0.2, 0.25) is 0 Å². The summed E-state index contributed by atoms with van der Waals surface area (Å²) in [7, 11) is 0. The van der Waals surface area contributed by atoms with Crippen molar-refractivity contribution in [2.45, 2.75) is 25.9 Å². The molecule has 1 aromatic rings. The predicted octanol–water partition coefficient (Wildman–Crippen LogP) is 0.822. The molecule has 1 aliphatic rings. The zero-order valence-corrected chi connectivity index (χ0v) is 11.5. The maximum Gasteiger partial charge on any atom is 0.267 e. The first-order chi connectivity index (χ1) is 9.61. The van der Waals surface area contributed by atoms with Crippen LogP contribution in [0, 0.1) is 0 Å². The molecule has 0 spiro atoms. The highest BCUT2D eigenvalue weighted by Gasteiger charge is 2.24. The molecule has 0 bridgehead atoms. The molecule has 6 heteroatoms. The number of carbonyl (C=O) groups excluding carboxylic acids is 2. The number of ether oxygens (including phenoxy) is 1. The largest absolute Gasteiger partial charge is 0.377 e. The Hall–Kier alpha value is -1.95. The fraction of sp³-hybridized carbons (Fsp3) is 0.500. The van der Waals surface area contributed by atoms with Crippen LogP contribution >= 0.6 is 0 Å². The van der Waals surface area contributed by atoms with E-state index in [0.29, 0.717) is 18.7 Å². The van der Waals surface area contributed by atoms with Crippen molar-refractivity contribution < 1.29 is 14.3 Å². The molecule has 6 nitrogen and oxygen atoms in total. The lowest BCUT2D eigenvalue weighted by Gasteiger charge is -2.32. The van der Waals surface area contributed by atoms with E-state index < -0.39 is 5.91 Å². The van der Waals surface area contributed by atoms with Crippen molar-refractivity contribution in [3.05, 3.63) is 29.6 Å². The van der Waals surface area contributed by atoms with Gasteiger partial charge in [0.25, 0.3) is 11.8 Å². The molecule has 2 rings (SSSR count). The minimum Gasteiger partial charge on any atom is -0.377 e. The number of aromatic nitrogens is 1.